The molecule has 8 nitrogen and oxygen atoms in total. The van der Waals surface area contributed by atoms with Crippen LogP contribution in [0.5, 0.6) is 0 Å². The Bertz CT molecular complexity index is 915. The minimum absolute atomic E-state index is 0.0736. The van der Waals surface area contributed by atoms with Crippen molar-refractivity contribution >= 4 is 18.0 Å². The molecule has 0 bridgehead atoms. The van der Waals surface area contributed by atoms with E-state index in [-0.39, 0.29) is 25.6 Å². The Hall–Kier alpha value is -3.39. The summed E-state index contributed by atoms with van der Waals surface area (Å²) in [5, 5.41) is 13.9. The molecule has 0 fully saturated rings. The van der Waals surface area contributed by atoms with Gasteiger partial charge in [-0.25, -0.2) is 4.79 Å². The van der Waals surface area contributed by atoms with Gasteiger partial charge in [-0.3, -0.25) is 9.59 Å². The van der Waals surface area contributed by atoms with E-state index in [1.54, 1.807) is 6.92 Å². The fraction of sp³-hybridized carbons (Fsp3) is 0.348. The lowest BCUT2D eigenvalue weighted by Gasteiger charge is -2.21. The quantitative estimate of drug-likeness (QED) is 0.568. The van der Waals surface area contributed by atoms with Crippen LogP contribution in [0, 0.1) is 0 Å². The molecule has 0 heterocycles. The molecule has 31 heavy (non-hydrogen) atoms. The summed E-state index contributed by atoms with van der Waals surface area (Å²) in [4.78, 5) is 35.6. The monoisotopic (exact) mass is 426 g/mol. The minimum atomic E-state index is -1.03. The number of methoxy groups -OCH3 is 1. The van der Waals surface area contributed by atoms with Gasteiger partial charge in [0.15, 0.2) is 0 Å². The first kappa shape index (κ1) is 22.3. The van der Waals surface area contributed by atoms with Crippen molar-refractivity contribution in [3.63, 3.8) is 0 Å². The van der Waals surface area contributed by atoms with Crippen LogP contribution in [0.2, 0.25) is 0 Å². The molecule has 8 heteroatoms. The third-order valence-corrected chi connectivity index (χ3v) is 5.16. The van der Waals surface area contributed by atoms with Crippen molar-refractivity contribution in [2.24, 2.45) is 0 Å². The van der Waals surface area contributed by atoms with Gasteiger partial charge in [0.2, 0.25) is 5.91 Å². The summed E-state index contributed by atoms with van der Waals surface area (Å²) in [6, 6.07) is 14.4. The highest BCUT2D eigenvalue weighted by Crippen LogP contribution is 2.44. The molecule has 2 amide bonds. The summed E-state index contributed by atoms with van der Waals surface area (Å²) >= 11 is 0. The van der Waals surface area contributed by atoms with Crippen LogP contribution >= 0.6 is 0 Å². The molecule has 2 aromatic carbocycles. The van der Waals surface area contributed by atoms with Gasteiger partial charge in [0.25, 0.3) is 0 Å². The third-order valence-electron chi connectivity index (χ3n) is 5.16. The first-order valence-corrected chi connectivity index (χ1v) is 10.0. The number of rotatable bonds is 9. The fourth-order valence-corrected chi connectivity index (χ4v) is 3.79. The zero-order valence-electron chi connectivity index (χ0n) is 17.5. The lowest BCUT2D eigenvalue weighted by atomic mass is 9.98. The maximum absolute atomic E-state index is 12.4. The molecular weight excluding hydrogens is 400 g/mol. The van der Waals surface area contributed by atoms with Crippen molar-refractivity contribution < 1.29 is 29.0 Å². The Morgan fingerprint density at radius 2 is 1.58 bits per heavy atom. The predicted molar refractivity (Wildman–Crippen MR) is 114 cm³/mol. The topological polar surface area (TPSA) is 114 Å². The molecule has 2 atom stereocenters. The van der Waals surface area contributed by atoms with Gasteiger partial charge < -0.3 is 25.2 Å². The number of carbonyl (C=O) groups excluding carboxylic acids is 2. The normalized spacial score (nSPS) is 14.1. The second kappa shape index (κ2) is 10.1. The molecule has 0 saturated carbocycles. The molecule has 3 rings (SSSR count). The van der Waals surface area contributed by atoms with Gasteiger partial charge in [-0.2, -0.15) is 0 Å². The molecule has 0 radical (unpaired) electrons. The zero-order valence-corrected chi connectivity index (χ0v) is 17.5. The van der Waals surface area contributed by atoms with Crippen LogP contribution in [-0.2, 0) is 19.1 Å². The maximum atomic E-state index is 12.4. The number of hydrogen-bond donors (Lipinski definition) is 3. The second-order valence-corrected chi connectivity index (χ2v) is 7.49. The Morgan fingerprint density at radius 1 is 1.00 bits per heavy atom. The first-order valence-electron chi connectivity index (χ1n) is 10.0. The van der Waals surface area contributed by atoms with Gasteiger partial charge >= 0.3 is 12.1 Å². The molecule has 0 aliphatic heterocycles. The highest BCUT2D eigenvalue weighted by atomic mass is 16.5. The van der Waals surface area contributed by atoms with E-state index in [1.165, 1.54) is 7.11 Å². The highest BCUT2D eigenvalue weighted by Gasteiger charge is 2.30. The summed E-state index contributed by atoms with van der Waals surface area (Å²) in [5.74, 6) is -1.66. The van der Waals surface area contributed by atoms with E-state index >= 15 is 0 Å². The third kappa shape index (κ3) is 5.40. The lowest BCUT2D eigenvalue weighted by molar-refractivity contribution is -0.137. The van der Waals surface area contributed by atoms with E-state index in [0.717, 1.165) is 22.3 Å². The molecule has 164 valence electrons. The van der Waals surface area contributed by atoms with E-state index in [1.807, 2.05) is 48.5 Å². The molecule has 1 unspecified atom stereocenters. The lowest BCUT2D eigenvalue weighted by Crippen LogP contribution is -2.51. The SMILES string of the molecule is COCC(NC(=O)OCC1c2ccccc2-c2ccccc21)C(=O)N[C@H](C)CC(=O)O. The van der Waals surface area contributed by atoms with Crippen LogP contribution < -0.4 is 10.6 Å². The smallest absolute Gasteiger partial charge is 0.407 e. The van der Waals surface area contributed by atoms with Gasteiger partial charge in [0.05, 0.1) is 13.0 Å². The summed E-state index contributed by atoms with van der Waals surface area (Å²) in [6.45, 7) is 1.62. The van der Waals surface area contributed by atoms with E-state index < -0.39 is 30.1 Å². The Morgan fingerprint density at radius 3 is 2.13 bits per heavy atom. The molecule has 3 N–H and O–H groups in total. The van der Waals surface area contributed by atoms with E-state index in [4.69, 9.17) is 14.6 Å². The molecule has 2 aromatic rings. The van der Waals surface area contributed by atoms with Gasteiger partial charge in [-0.15, -0.1) is 0 Å². The highest BCUT2D eigenvalue weighted by molar-refractivity contribution is 5.86. The van der Waals surface area contributed by atoms with Crippen molar-refractivity contribution in [1.29, 1.82) is 0 Å². The van der Waals surface area contributed by atoms with E-state index in [9.17, 15) is 14.4 Å². The van der Waals surface area contributed by atoms with Crippen molar-refractivity contribution in [3.8, 4) is 11.1 Å². The number of benzene rings is 2. The average molecular weight is 426 g/mol. The van der Waals surface area contributed by atoms with Crippen LogP contribution in [0.25, 0.3) is 11.1 Å². The Balaban J connectivity index is 1.62. The summed E-state index contributed by atoms with van der Waals surface area (Å²) in [6.07, 6.45) is -0.971. The summed E-state index contributed by atoms with van der Waals surface area (Å²) in [7, 11) is 1.40. The maximum Gasteiger partial charge on any atom is 0.407 e. The van der Waals surface area contributed by atoms with Crippen molar-refractivity contribution in [3.05, 3.63) is 59.7 Å². The molecule has 0 spiro atoms. The predicted octanol–water partition coefficient (Wildman–Crippen LogP) is 2.52. The molecule has 1 aliphatic carbocycles. The number of hydrogen-bond acceptors (Lipinski definition) is 5. The second-order valence-electron chi connectivity index (χ2n) is 7.49. The zero-order chi connectivity index (χ0) is 22.4. The molecule has 0 aromatic heterocycles. The number of alkyl carbamates (subject to hydrolysis) is 1. The largest absolute Gasteiger partial charge is 0.481 e. The number of fused-ring (bicyclic) bond motifs is 3. The Kier molecular flexibility index (Phi) is 7.25. The average Bonchev–Trinajstić information content (AvgIpc) is 3.05. The number of carbonyl (C=O) groups is 3. The van der Waals surface area contributed by atoms with Gasteiger partial charge in [-0.05, 0) is 29.2 Å². The van der Waals surface area contributed by atoms with Gasteiger partial charge in [-0.1, -0.05) is 48.5 Å². The van der Waals surface area contributed by atoms with Crippen molar-refractivity contribution in [1.82, 2.24) is 10.6 Å². The first-order chi connectivity index (χ1) is 14.9. The number of amides is 2. The standard InChI is InChI=1S/C23H26N2O6/c1-14(11-21(26)27)24-22(28)20(13-30-2)25-23(29)31-12-19-17-9-5-3-7-15(17)16-8-4-6-10-18(16)19/h3-10,14,19-20H,11-13H2,1-2H3,(H,24,28)(H,25,29)(H,26,27)/t14-,20?/m1/s1. The number of carboxylic acids is 1. The van der Waals surface area contributed by atoms with E-state index in [2.05, 4.69) is 10.6 Å². The number of nitrogens with one attached hydrogen (secondary N) is 2. The van der Waals surface area contributed by atoms with Crippen LogP contribution in [0.4, 0.5) is 4.79 Å². The Labute approximate surface area is 180 Å². The van der Waals surface area contributed by atoms with Gasteiger partial charge in [0.1, 0.15) is 12.6 Å². The van der Waals surface area contributed by atoms with Crippen molar-refractivity contribution in [2.75, 3.05) is 20.3 Å². The number of carboxylic acid groups (broad SMARTS) is 1. The fourth-order valence-electron chi connectivity index (χ4n) is 3.79. The van der Waals surface area contributed by atoms with Gasteiger partial charge in [0, 0.05) is 19.1 Å². The van der Waals surface area contributed by atoms with Crippen molar-refractivity contribution in [2.45, 2.75) is 31.3 Å². The van der Waals surface area contributed by atoms with E-state index in [0.29, 0.717) is 0 Å². The summed E-state index contributed by atoms with van der Waals surface area (Å²) < 4.78 is 10.5. The minimum Gasteiger partial charge on any atom is -0.481 e. The van der Waals surface area contributed by atoms with Crippen LogP contribution in [0.15, 0.2) is 48.5 Å². The van der Waals surface area contributed by atoms with Crippen LogP contribution in [0.1, 0.15) is 30.4 Å². The molecule has 0 saturated heterocycles. The van der Waals surface area contributed by atoms with Crippen LogP contribution in [0.3, 0.4) is 0 Å². The number of aliphatic carboxylic acids is 1. The molecule has 1 aliphatic rings. The molecular formula is C23H26N2O6. The number of ether oxygens (including phenoxy) is 2. The van der Waals surface area contributed by atoms with Crippen LogP contribution in [-0.4, -0.2) is 55.5 Å². The summed E-state index contributed by atoms with van der Waals surface area (Å²) in [5.41, 5.74) is 4.42.